The van der Waals surface area contributed by atoms with Crippen LogP contribution >= 0.6 is 11.6 Å². The number of esters is 1. The van der Waals surface area contributed by atoms with Gasteiger partial charge in [0.05, 0.1) is 12.7 Å². The minimum absolute atomic E-state index is 0.0273. The third-order valence-electron chi connectivity index (χ3n) is 3.62. The van der Waals surface area contributed by atoms with Gasteiger partial charge < -0.3 is 14.8 Å². The van der Waals surface area contributed by atoms with Gasteiger partial charge in [0, 0.05) is 24.8 Å². The minimum Gasteiger partial charge on any atom is -0.495 e. The highest BCUT2D eigenvalue weighted by Crippen LogP contribution is 2.27. The van der Waals surface area contributed by atoms with Gasteiger partial charge in [0.2, 0.25) is 10.0 Å². The van der Waals surface area contributed by atoms with Gasteiger partial charge in [-0.3, -0.25) is 4.79 Å². The molecule has 0 spiro atoms. The van der Waals surface area contributed by atoms with E-state index in [1.165, 1.54) is 33.3 Å². The lowest BCUT2D eigenvalue weighted by atomic mass is 10.2. The lowest BCUT2D eigenvalue weighted by Gasteiger charge is -2.15. The first-order chi connectivity index (χ1) is 13.1. The maximum absolute atomic E-state index is 12.4. The van der Waals surface area contributed by atoms with E-state index in [9.17, 15) is 18.0 Å². The van der Waals surface area contributed by atoms with Gasteiger partial charge in [-0.25, -0.2) is 17.5 Å². The number of hydrogen-bond donors (Lipinski definition) is 1. The van der Waals surface area contributed by atoms with Gasteiger partial charge in [0.15, 0.2) is 6.61 Å². The summed E-state index contributed by atoms with van der Waals surface area (Å²) in [5.41, 5.74) is 0.467. The second-order valence-electron chi connectivity index (χ2n) is 5.78. The summed E-state index contributed by atoms with van der Waals surface area (Å²) in [6.45, 7) is -0.538. The number of nitrogens with zero attached hydrogens (tertiary/aromatic N) is 1. The van der Waals surface area contributed by atoms with Gasteiger partial charge in [-0.2, -0.15) is 0 Å². The number of nitrogens with one attached hydrogen (secondary N) is 1. The summed E-state index contributed by atoms with van der Waals surface area (Å²) < 4.78 is 35.8. The van der Waals surface area contributed by atoms with Crippen LogP contribution in [0.5, 0.6) is 5.75 Å². The van der Waals surface area contributed by atoms with Crippen molar-refractivity contribution in [2.45, 2.75) is 4.90 Å². The van der Waals surface area contributed by atoms with Crippen LogP contribution in [0.1, 0.15) is 10.4 Å². The maximum atomic E-state index is 12.4. The number of rotatable bonds is 7. The molecule has 0 saturated carbocycles. The monoisotopic (exact) mass is 426 g/mol. The van der Waals surface area contributed by atoms with Crippen molar-refractivity contribution in [2.75, 3.05) is 33.1 Å². The molecular weight excluding hydrogens is 408 g/mol. The molecule has 2 aromatic carbocycles. The number of carbonyl (C=O) groups is 2. The topological polar surface area (TPSA) is 102 Å². The number of amides is 1. The van der Waals surface area contributed by atoms with Crippen molar-refractivity contribution in [3.63, 3.8) is 0 Å². The molecule has 1 N–H and O–H groups in total. The number of anilines is 1. The fraction of sp³-hybridized carbons (Fsp3) is 0.222. The fourth-order valence-corrected chi connectivity index (χ4v) is 3.35. The Morgan fingerprint density at radius 2 is 1.75 bits per heavy atom. The van der Waals surface area contributed by atoms with E-state index < -0.39 is 28.5 Å². The Bertz CT molecular complexity index is 974. The van der Waals surface area contributed by atoms with E-state index in [4.69, 9.17) is 21.1 Å². The van der Waals surface area contributed by atoms with Crippen molar-refractivity contribution in [1.82, 2.24) is 4.31 Å². The zero-order valence-corrected chi connectivity index (χ0v) is 17.0. The zero-order chi connectivity index (χ0) is 20.9. The van der Waals surface area contributed by atoms with Gasteiger partial charge in [-0.15, -0.1) is 0 Å². The largest absolute Gasteiger partial charge is 0.495 e. The standard InChI is InChI=1S/C18H19ClN2O6S/c1-21(2)28(24,25)16-10-12(4-9-15(16)26-3)18(23)27-11-17(22)20-14-7-5-13(19)6-8-14/h4-10H,11H2,1-3H3,(H,20,22). The fourth-order valence-electron chi connectivity index (χ4n) is 2.15. The van der Waals surface area contributed by atoms with E-state index in [-0.39, 0.29) is 16.2 Å². The molecule has 28 heavy (non-hydrogen) atoms. The summed E-state index contributed by atoms with van der Waals surface area (Å²) in [5, 5.41) is 3.07. The SMILES string of the molecule is COc1ccc(C(=O)OCC(=O)Nc2ccc(Cl)cc2)cc1S(=O)(=O)N(C)C. The maximum Gasteiger partial charge on any atom is 0.338 e. The predicted octanol–water partition coefficient (Wildman–Crippen LogP) is 2.39. The van der Waals surface area contributed by atoms with Crippen LogP contribution in [0.4, 0.5) is 5.69 Å². The average Bonchev–Trinajstić information content (AvgIpc) is 2.67. The number of halogens is 1. The van der Waals surface area contributed by atoms with Crippen molar-refractivity contribution >= 4 is 39.2 Å². The van der Waals surface area contributed by atoms with E-state index in [1.54, 1.807) is 24.3 Å². The summed E-state index contributed by atoms with van der Waals surface area (Å²) in [4.78, 5) is 24.0. The van der Waals surface area contributed by atoms with Crippen molar-refractivity contribution in [2.24, 2.45) is 0 Å². The second-order valence-corrected chi connectivity index (χ2v) is 8.34. The summed E-state index contributed by atoms with van der Waals surface area (Å²) in [6.07, 6.45) is 0. The Hall–Kier alpha value is -2.62. The van der Waals surface area contributed by atoms with Gasteiger partial charge in [0.25, 0.3) is 5.91 Å². The smallest absolute Gasteiger partial charge is 0.338 e. The third kappa shape index (κ3) is 5.22. The average molecular weight is 427 g/mol. The van der Waals surface area contributed by atoms with Crippen LogP contribution in [0.15, 0.2) is 47.4 Å². The van der Waals surface area contributed by atoms with Crippen molar-refractivity contribution in [3.8, 4) is 5.75 Å². The van der Waals surface area contributed by atoms with Crippen LogP contribution in [0.25, 0.3) is 0 Å². The zero-order valence-electron chi connectivity index (χ0n) is 15.4. The molecule has 0 atom stereocenters. The molecule has 150 valence electrons. The molecule has 0 aliphatic heterocycles. The quantitative estimate of drug-likeness (QED) is 0.682. The number of ether oxygens (including phenoxy) is 2. The first kappa shape index (κ1) is 21.7. The normalized spacial score (nSPS) is 11.2. The molecule has 0 heterocycles. The van der Waals surface area contributed by atoms with Crippen LogP contribution < -0.4 is 10.1 Å². The molecular formula is C18H19ClN2O6S. The van der Waals surface area contributed by atoms with Gasteiger partial charge in [-0.1, -0.05) is 11.6 Å². The van der Waals surface area contributed by atoms with Crippen LogP contribution in [0, 0.1) is 0 Å². The summed E-state index contributed by atoms with van der Waals surface area (Å²) in [7, 11) is 0.206. The van der Waals surface area contributed by atoms with E-state index >= 15 is 0 Å². The molecule has 1 amide bonds. The second kappa shape index (κ2) is 9.05. The Balaban J connectivity index is 2.09. The Morgan fingerprint density at radius 1 is 1.11 bits per heavy atom. The van der Waals surface area contributed by atoms with Gasteiger partial charge >= 0.3 is 5.97 Å². The molecule has 0 aromatic heterocycles. The van der Waals surface area contributed by atoms with Crippen LogP contribution in [-0.4, -0.2) is 52.4 Å². The highest BCUT2D eigenvalue weighted by Gasteiger charge is 2.24. The molecule has 0 unspecified atom stereocenters. The van der Waals surface area contributed by atoms with E-state index in [0.717, 1.165) is 10.4 Å². The number of hydrogen-bond acceptors (Lipinski definition) is 6. The van der Waals surface area contributed by atoms with Gasteiger partial charge in [-0.05, 0) is 42.5 Å². The molecule has 2 aromatic rings. The Labute approximate surface area is 168 Å². The molecule has 0 radical (unpaired) electrons. The molecule has 8 nitrogen and oxygen atoms in total. The third-order valence-corrected chi connectivity index (χ3v) is 5.71. The van der Waals surface area contributed by atoms with Crippen molar-refractivity contribution < 1.29 is 27.5 Å². The van der Waals surface area contributed by atoms with Crippen LogP contribution in [0.3, 0.4) is 0 Å². The van der Waals surface area contributed by atoms with E-state index in [2.05, 4.69) is 5.32 Å². The Kier molecular flexibility index (Phi) is 7.00. The summed E-state index contributed by atoms with van der Waals surface area (Å²) >= 11 is 5.77. The lowest BCUT2D eigenvalue weighted by molar-refractivity contribution is -0.119. The number of methoxy groups -OCH3 is 1. The number of sulfonamides is 1. The summed E-state index contributed by atoms with van der Waals surface area (Å²) in [6, 6.07) is 10.3. The predicted molar refractivity (Wildman–Crippen MR) is 104 cm³/mol. The number of carbonyl (C=O) groups excluding carboxylic acids is 2. The minimum atomic E-state index is -3.84. The van der Waals surface area contributed by atoms with Gasteiger partial charge in [0.1, 0.15) is 10.6 Å². The molecule has 10 heteroatoms. The Morgan fingerprint density at radius 3 is 2.32 bits per heavy atom. The molecule has 0 bridgehead atoms. The first-order valence-corrected chi connectivity index (χ1v) is 9.80. The molecule has 2 rings (SSSR count). The first-order valence-electron chi connectivity index (χ1n) is 7.98. The lowest BCUT2D eigenvalue weighted by Crippen LogP contribution is -2.24. The molecule has 0 fully saturated rings. The van der Waals surface area contributed by atoms with E-state index in [1.807, 2.05) is 0 Å². The van der Waals surface area contributed by atoms with Crippen LogP contribution in [-0.2, 0) is 19.6 Å². The molecule has 0 aliphatic carbocycles. The van der Waals surface area contributed by atoms with Crippen LogP contribution in [0.2, 0.25) is 5.02 Å². The van der Waals surface area contributed by atoms with Crippen molar-refractivity contribution in [1.29, 1.82) is 0 Å². The van der Waals surface area contributed by atoms with Crippen molar-refractivity contribution in [3.05, 3.63) is 53.1 Å². The molecule has 0 saturated heterocycles. The highest BCUT2D eigenvalue weighted by molar-refractivity contribution is 7.89. The molecule has 0 aliphatic rings. The summed E-state index contributed by atoms with van der Waals surface area (Å²) in [5.74, 6) is -1.31. The van der Waals surface area contributed by atoms with E-state index in [0.29, 0.717) is 10.7 Å². The number of benzene rings is 2. The highest BCUT2D eigenvalue weighted by atomic mass is 35.5.